The molecule has 4 unspecified atom stereocenters. The van der Waals surface area contributed by atoms with Gasteiger partial charge >= 0.3 is 15.6 Å². The van der Waals surface area contributed by atoms with Crippen LogP contribution in [-0.2, 0) is 59.2 Å². The van der Waals surface area contributed by atoms with Gasteiger partial charge in [-0.05, 0) is 128 Å². The molecule has 1 fully saturated rings. The summed E-state index contributed by atoms with van der Waals surface area (Å²) < 4.78 is 64.9. The first-order chi connectivity index (χ1) is 39.8. The number of aromatic nitrogens is 4. The number of rotatable bonds is 23. The van der Waals surface area contributed by atoms with Crippen LogP contribution in [0.3, 0.4) is 0 Å². The molecule has 1 aliphatic carbocycles. The number of nitrogen functional groups attached to an aromatic ring is 1. The summed E-state index contributed by atoms with van der Waals surface area (Å²) in [4.78, 5) is 76.7. The van der Waals surface area contributed by atoms with Crippen LogP contribution in [0.25, 0.3) is 16.7 Å². The number of carbonyl (C=O) groups is 2. The molecular formula is C58H78N9O14P3. The standard InChI is InChI=1S/C58H78N9O14P3/c1-8-67-45-30-44-42(29-41(45)36(2)32-57(67,3)4)50(43-28-37-18-15-25-65-26-16-21-40(53(37)65)51(43)58(44,5)6)38-19-11-12-20-39(38)56(70)64(7)24-17-22-48(69)60-23-13-9-10-14-27-77-82(71,72)80-84(75,76)81-83(73,74)78-33-47-46(68)31-49(79-47)66-35-63-52-54(59)61-34-62-55(52)66/h11-12,19-20,28-30,34-36,46-47,49,68H,8-10,13-18,21-27,31-33H2,1-7H3,(H5-,59,60,61,62,69,71,72,73,74,75,76)/t36?,46-,47+,49+/m0/s1. The fourth-order valence-electron chi connectivity index (χ4n) is 13.5. The van der Waals surface area contributed by atoms with Gasteiger partial charge in [-0.1, -0.05) is 51.8 Å². The lowest BCUT2D eigenvalue weighted by Gasteiger charge is -2.48. The third kappa shape index (κ3) is 12.8. The Morgan fingerprint density at radius 2 is 1.70 bits per heavy atom. The second kappa shape index (κ2) is 24.5. The minimum absolute atomic E-state index is 0.000788. The number of fused-ring (bicyclic) bond motifs is 5. The highest BCUT2D eigenvalue weighted by Crippen LogP contribution is 2.66. The minimum Gasteiger partial charge on any atom is -0.756 e. The Hall–Kier alpha value is -5.25. The van der Waals surface area contributed by atoms with Gasteiger partial charge in [-0.15, -0.1) is 0 Å². The molecule has 2 aromatic heterocycles. The van der Waals surface area contributed by atoms with Crippen LogP contribution in [0.15, 0.2) is 55.1 Å². The molecule has 84 heavy (non-hydrogen) atoms. The van der Waals surface area contributed by atoms with E-state index in [-0.39, 0.29) is 53.4 Å². The van der Waals surface area contributed by atoms with E-state index < -0.39 is 55.1 Å². The molecule has 6 heterocycles. The van der Waals surface area contributed by atoms with E-state index in [4.69, 9.17) is 15.0 Å². The number of carbonyl (C=O) groups excluding carboxylic acids is 2. The summed E-state index contributed by atoms with van der Waals surface area (Å²) >= 11 is 0. The topological polar surface area (TPSA) is 306 Å². The van der Waals surface area contributed by atoms with E-state index in [1.54, 1.807) is 11.9 Å². The molecule has 2 amide bonds. The van der Waals surface area contributed by atoms with Crippen LogP contribution in [0, 0.1) is 0 Å². The molecule has 7 atom stereocenters. The van der Waals surface area contributed by atoms with Gasteiger partial charge in [-0.2, -0.15) is 4.31 Å². The van der Waals surface area contributed by atoms with E-state index in [9.17, 15) is 43.1 Å². The van der Waals surface area contributed by atoms with E-state index >= 15 is 0 Å². The van der Waals surface area contributed by atoms with Crippen molar-refractivity contribution in [2.24, 2.45) is 0 Å². The molecule has 0 radical (unpaired) electrons. The molecular weight excluding hydrogens is 1140 g/mol. The predicted octanol–water partition coefficient (Wildman–Crippen LogP) is 6.40. The average molecular weight is 1220 g/mol. The molecule has 23 nitrogen and oxygen atoms in total. The number of unbranched alkanes of at least 4 members (excludes halogenated alkanes) is 3. The molecule has 5 aliphatic rings. The first kappa shape index (κ1) is 61.8. The van der Waals surface area contributed by atoms with Crippen LogP contribution in [0.5, 0.6) is 0 Å². The van der Waals surface area contributed by atoms with Crippen LogP contribution in [0.2, 0.25) is 0 Å². The summed E-state index contributed by atoms with van der Waals surface area (Å²) in [5.74, 6) is 0.176. The van der Waals surface area contributed by atoms with Gasteiger partial charge in [0.25, 0.3) is 13.7 Å². The van der Waals surface area contributed by atoms with E-state index in [0.29, 0.717) is 55.9 Å². The highest BCUT2D eigenvalue weighted by molar-refractivity contribution is 7.66. The second-order valence-corrected chi connectivity index (χ2v) is 28.5. The van der Waals surface area contributed by atoms with Crippen molar-refractivity contribution in [1.29, 1.82) is 0 Å². The Morgan fingerprint density at radius 3 is 2.48 bits per heavy atom. The van der Waals surface area contributed by atoms with Crippen molar-refractivity contribution in [2.45, 2.75) is 154 Å². The normalized spacial score (nSPS) is 22.5. The number of ether oxygens (including phenoxy) is 1. The molecule has 26 heteroatoms. The SMILES string of the molecule is CCN1c2cc3c(cc2C(C)CC1(C)C)C(c1ccccc1C(=O)N(C)CCCC(=O)NCCCCCCOP(=O)([O-])OP(=O)(O)OP(=O)(O)OC[C@H]1O[C@@H](n2cnc4c(N)ncnc42)C[C@@H]1O)=c1cc2c4c(c1C3(C)C)CCC[N+]=4CCC2. The second-order valence-electron chi connectivity index (χ2n) is 23.9. The number of aliphatic hydroxyl groups excluding tert-OH is 1. The fourth-order valence-corrected chi connectivity index (χ4v) is 17.0. The summed E-state index contributed by atoms with van der Waals surface area (Å²) in [6, 6.07) is 15.4. The number of benzene rings is 3. The van der Waals surface area contributed by atoms with Crippen LogP contribution < -0.4 is 36.0 Å². The lowest BCUT2D eigenvalue weighted by molar-refractivity contribution is -0.218. The van der Waals surface area contributed by atoms with Crippen molar-refractivity contribution in [3.05, 3.63) is 110 Å². The molecule has 0 spiro atoms. The van der Waals surface area contributed by atoms with Crippen molar-refractivity contribution in [3.63, 3.8) is 0 Å². The lowest BCUT2D eigenvalue weighted by Crippen LogP contribution is -2.50. The number of anilines is 2. The predicted molar refractivity (Wildman–Crippen MR) is 313 cm³/mol. The molecule has 0 saturated carbocycles. The van der Waals surface area contributed by atoms with Crippen LogP contribution in [-0.4, -0.2) is 122 Å². The molecule has 1 saturated heterocycles. The minimum atomic E-state index is -5.80. The molecule has 10 rings (SSSR count). The maximum atomic E-state index is 14.8. The van der Waals surface area contributed by atoms with E-state index in [1.165, 1.54) is 66.9 Å². The highest BCUT2D eigenvalue weighted by atomic mass is 31.3. The van der Waals surface area contributed by atoms with Crippen molar-refractivity contribution in [1.82, 2.24) is 34.3 Å². The molecule has 5 aromatic rings. The van der Waals surface area contributed by atoms with Crippen molar-refractivity contribution in [3.8, 4) is 0 Å². The number of nitrogens with one attached hydrogen (secondary N) is 1. The summed E-state index contributed by atoms with van der Waals surface area (Å²) in [5.41, 5.74) is 18.1. The van der Waals surface area contributed by atoms with Crippen molar-refractivity contribution in [2.75, 3.05) is 63.6 Å². The number of hydrogen-bond donors (Lipinski definition) is 5. The zero-order valence-electron chi connectivity index (χ0n) is 48.8. The van der Waals surface area contributed by atoms with E-state index in [1.807, 2.05) is 18.2 Å². The Bertz CT molecular complexity index is 3650. The Morgan fingerprint density at radius 1 is 0.952 bits per heavy atom. The van der Waals surface area contributed by atoms with Crippen LogP contribution in [0.4, 0.5) is 11.5 Å². The molecule has 0 bridgehead atoms. The third-order valence-corrected chi connectivity index (χ3v) is 21.5. The Balaban J connectivity index is 0.696. The summed E-state index contributed by atoms with van der Waals surface area (Å²) in [6.45, 7) is 16.6. The Labute approximate surface area is 489 Å². The fraction of sp³-hybridized carbons (Fsp3) is 0.552. The molecule has 454 valence electrons. The first-order valence-corrected chi connectivity index (χ1v) is 33.6. The number of amides is 2. The monoisotopic (exact) mass is 1220 g/mol. The number of hydrogen-bond acceptors (Lipinski definition) is 17. The van der Waals surface area contributed by atoms with Gasteiger partial charge in [0.2, 0.25) is 11.3 Å². The zero-order chi connectivity index (χ0) is 60.1. The number of aliphatic hydroxyl groups is 1. The number of phosphoric ester groups is 2. The van der Waals surface area contributed by atoms with Crippen molar-refractivity contribution >= 4 is 63.5 Å². The van der Waals surface area contributed by atoms with Crippen molar-refractivity contribution < 1.29 is 65.5 Å². The smallest absolute Gasteiger partial charge is 0.487 e. The molecule has 6 N–H and O–H groups in total. The molecule has 4 aliphatic heterocycles. The zero-order valence-corrected chi connectivity index (χ0v) is 51.5. The lowest BCUT2D eigenvalue weighted by atomic mass is 9.64. The van der Waals surface area contributed by atoms with E-state index in [2.05, 4.69) is 109 Å². The summed E-state index contributed by atoms with van der Waals surface area (Å²) in [6.07, 6.45) is 6.95. The third-order valence-electron chi connectivity index (χ3n) is 17.2. The summed E-state index contributed by atoms with van der Waals surface area (Å²) in [5, 5.41) is 16.1. The van der Waals surface area contributed by atoms with E-state index in [0.717, 1.165) is 62.9 Å². The quantitative estimate of drug-likeness (QED) is 0.0268. The van der Waals surface area contributed by atoms with Gasteiger partial charge in [0.15, 0.2) is 11.5 Å². The van der Waals surface area contributed by atoms with Gasteiger partial charge in [0.1, 0.15) is 37.3 Å². The summed E-state index contributed by atoms with van der Waals surface area (Å²) in [7, 11) is -15.0. The Kier molecular flexibility index (Phi) is 18.0. The van der Waals surface area contributed by atoms with Gasteiger partial charge in [-0.3, -0.25) is 23.2 Å². The first-order valence-electron chi connectivity index (χ1n) is 29.1. The van der Waals surface area contributed by atoms with Gasteiger partial charge in [0, 0.05) is 85.7 Å². The van der Waals surface area contributed by atoms with Crippen LogP contribution >= 0.6 is 23.5 Å². The number of nitrogens with two attached hydrogens (primary N) is 1. The van der Waals surface area contributed by atoms with Gasteiger partial charge in [0.05, 0.1) is 25.6 Å². The van der Waals surface area contributed by atoms with Crippen LogP contribution in [0.1, 0.15) is 167 Å². The molecule has 3 aromatic carbocycles. The average Bonchev–Trinajstić information content (AvgIpc) is 0.972. The van der Waals surface area contributed by atoms with Gasteiger partial charge < -0.3 is 49.9 Å². The maximum absolute atomic E-state index is 14.8. The highest BCUT2D eigenvalue weighted by Gasteiger charge is 2.45. The number of aryl methyl sites for hydroxylation is 1. The number of phosphoric acid groups is 3. The largest absolute Gasteiger partial charge is 0.756 e. The maximum Gasteiger partial charge on any atom is 0.487 e. The number of nitrogens with zero attached hydrogens (tertiary/aromatic N) is 7. The number of imidazole rings is 1. The van der Waals surface area contributed by atoms with Gasteiger partial charge in [-0.25, -0.2) is 33.0 Å².